The molecule has 7 atom stereocenters. The molecule has 1 aromatic carbocycles. The number of fused-ring (bicyclic) bond motifs is 1. The molecule has 0 radical (unpaired) electrons. The number of rotatable bonds is 13. The van der Waals surface area contributed by atoms with Gasteiger partial charge in [-0.2, -0.15) is 0 Å². The lowest BCUT2D eigenvalue weighted by atomic mass is 9.66. The Morgan fingerprint density at radius 2 is 1.98 bits per heavy atom. The molecule has 1 N–H and O–H groups in total. The van der Waals surface area contributed by atoms with Crippen LogP contribution in [0.2, 0.25) is 5.02 Å². The molecule has 3 aliphatic rings. The maximum absolute atomic E-state index is 14.6. The first kappa shape index (κ1) is 30.3. The zero-order chi connectivity index (χ0) is 29.2. The summed E-state index contributed by atoms with van der Waals surface area (Å²) in [6.45, 7) is 13.4. The summed E-state index contributed by atoms with van der Waals surface area (Å²) >= 11 is 6.12. The number of ether oxygens (including phenoxy) is 2. The fourth-order valence-corrected chi connectivity index (χ4v) is 7.01. The second kappa shape index (κ2) is 12.0. The highest BCUT2D eigenvalue weighted by molar-refractivity contribution is 6.30. The number of carbonyl (C=O) groups is 3. The van der Waals surface area contributed by atoms with Crippen LogP contribution in [-0.2, 0) is 23.9 Å². The summed E-state index contributed by atoms with van der Waals surface area (Å²) in [5.74, 6) is -3.00. The average Bonchev–Trinajstić information content (AvgIpc) is 3.51. The summed E-state index contributed by atoms with van der Waals surface area (Å²) in [5, 5.41) is 11.1. The van der Waals surface area contributed by atoms with Crippen LogP contribution in [0.4, 0.5) is 5.69 Å². The Morgan fingerprint density at radius 1 is 1.27 bits per heavy atom. The predicted molar refractivity (Wildman–Crippen MR) is 154 cm³/mol. The quantitative estimate of drug-likeness (QED) is 0.212. The Hall–Kier alpha value is -2.68. The first-order valence-corrected chi connectivity index (χ1v) is 14.6. The molecule has 3 heterocycles. The number of unbranched alkanes of at least 4 members (excludes halogenated alkanes) is 1. The fourth-order valence-electron chi connectivity index (χ4n) is 6.88. The van der Waals surface area contributed by atoms with Crippen molar-refractivity contribution in [2.75, 3.05) is 24.7 Å². The molecule has 2 bridgehead atoms. The molecular formula is C31H41ClN2O6. The van der Waals surface area contributed by atoms with Crippen molar-refractivity contribution in [1.29, 1.82) is 0 Å². The summed E-state index contributed by atoms with van der Waals surface area (Å²) in [6.07, 6.45) is 6.37. The topological polar surface area (TPSA) is 96.4 Å². The number of amides is 2. The lowest BCUT2D eigenvalue weighted by Gasteiger charge is -2.41. The Balaban J connectivity index is 1.80. The van der Waals surface area contributed by atoms with Crippen molar-refractivity contribution in [3.8, 4) is 0 Å². The summed E-state index contributed by atoms with van der Waals surface area (Å²) in [7, 11) is 0. The minimum Gasteiger partial charge on any atom is -0.465 e. The van der Waals surface area contributed by atoms with Crippen molar-refractivity contribution in [3.63, 3.8) is 0 Å². The van der Waals surface area contributed by atoms with Gasteiger partial charge in [-0.05, 0) is 62.8 Å². The van der Waals surface area contributed by atoms with Crippen molar-refractivity contribution in [2.24, 2.45) is 17.8 Å². The number of benzene rings is 1. The molecule has 3 aliphatic heterocycles. The van der Waals surface area contributed by atoms with Crippen LogP contribution in [0, 0.1) is 17.8 Å². The number of halogens is 1. The van der Waals surface area contributed by atoms with E-state index in [0.29, 0.717) is 42.8 Å². The molecule has 2 amide bonds. The number of likely N-dealkylation sites (tertiary alicyclic amines) is 1. The molecule has 3 saturated heterocycles. The van der Waals surface area contributed by atoms with Crippen molar-refractivity contribution >= 4 is 35.1 Å². The maximum atomic E-state index is 14.6. The van der Waals surface area contributed by atoms with E-state index >= 15 is 0 Å². The number of esters is 1. The van der Waals surface area contributed by atoms with E-state index < -0.39 is 41.1 Å². The van der Waals surface area contributed by atoms with Gasteiger partial charge in [-0.25, -0.2) is 0 Å². The van der Waals surface area contributed by atoms with Crippen LogP contribution >= 0.6 is 11.6 Å². The number of allylic oxidation sites excluding steroid dienone is 1. The van der Waals surface area contributed by atoms with E-state index in [0.717, 1.165) is 0 Å². The third kappa shape index (κ3) is 4.99. The molecule has 40 heavy (non-hydrogen) atoms. The largest absolute Gasteiger partial charge is 0.465 e. The number of aliphatic hydroxyl groups is 1. The van der Waals surface area contributed by atoms with Crippen molar-refractivity contribution in [3.05, 3.63) is 54.6 Å². The number of hydrogen-bond acceptors (Lipinski definition) is 6. The molecule has 1 spiro atoms. The van der Waals surface area contributed by atoms with Gasteiger partial charge in [-0.3, -0.25) is 14.4 Å². The standard InChI is InChI=1S/C31H41ClN2O6/c1-6-9-10-18-39-29(38)25-24-27(36)34(23(19-35)20(4)8-3)26(31(24)16-15-30(25,5)40-31)28(37)33(17-7-2)22-13-11-21(32)12-14-22/h6-7,11-14,20,23-26,35H,1-2,8-10,15-19H2,3-5H3/t20-,23-,24-,25-,26?,30+,31?/m0/s1. The number of anilines is 1. The van der Waals surface area contributed by atoms with E-state index in [1.54, 1.807) is 41.3 Å². The van der Waals surface area contributed by atoms with Crippen LogP contribution in [0.3, 0.4) is 0 Å². The molecular weight excluding hydrogens is 532 g/mol. The van der Waals surface area contributed by atoms with Crippen molar-refractivity contribution < 1.29 is 29.0 Å². The van der Waals surface area contributed by atoms with E-state index in [1.807, 2.05) is 20.8 Å². The first-order chi connectivity index (χ1) is 19.1. The average molecular weight is 573 g/mol. The van der Waals surface area contributed by atoms with Gasteiger partial charge in [-0.15, -0.1) is 13.2 Å². The zero-order valence-corrected chi connectivity index (χ0v) is 24.4. The van der Waals surface area contributed by atoms with E-state index in [-0.39, 0.29) is 37.5 Å². The van der Waals surface area contributed by atoms with Gasteiger partial charge in [0.2, 0.25) is 5.91 Å². The fraction of sp³-hybridized carbons (Fsp3) is 0.581. The molecule has 0 saturated carbocycles. The van der Waals surface area contributed by atoms with Crippen molar-refractivity contribution in [1.82, 2.24) is 4.90 Å². The van der Waals surface area contributed by atoms with Crippen LogP contribution in [0.15, 0.2) is 49.6 Å². The zero-order valence-electron chi connectivity index (χ0n) is 23.7. The first-order valence-electron chi connectivity index (χ1n) is 14.2. The monoisotopic (exact) mass is 572 g/mol. The van der Waals surface area contributed by atoms with E-state index in [2.05, 4.69) is 13.2 Å². The number of hydrogen-bond donors (Lipinski definition) is 1. The Labute approximate surface area is 241 Å². The molecule has 2 unspecified atom stereocenters. The summed E-state index contributed by atoms with van der Waals surface area (Å²) in [5.41, 5.74) is -1.56. The predicted octanol–water partition coefficient (Wildman–Crippen LogP) is 4.54. The summed E-state index contributed by atoms with van der Waals surface area (Å²) < 4.78 is 12.3. The highest BCUT2D eigenvalue weighted by Crippen LogP contribution is 2.64. The number of carbonyl (C=O) groups excluding carboxylic acids is 3. The van der Waals surface area contributed by atoms with Crippen LogP contribution < -0.4 is 4.90 Å². The molecule has 1 aromatic rings. The van der Waals surface area contributed by atoms with Gasteiger partial charge in [0.05, 0.1) is 30.8 Å². The normalized spacial score (nSPS) is 30.1. The second-order valence-electron chi connectivity index (χ2n) is 11.4. The highest BCUT2D eigenvalue weighted by atomic mass is 35.5. The van der Waals surface area contributed by atoms with Gasteiger partial charge in [0.15, 0.2) is 0 Å². The summed E-state index contributed by atoms with van der Waals surface area (Å²) in [4.78, 5) is 45.6. The van der Waals surface area contributed by atoms with Gasteiger partial charge in [0.25, 0.3) is 5.91 Å². The highest BCUT2D eigenvalue weighted by Gasteiger charge is 2.79. The molecule has 9 heteroatoms. The lowest BCUT2D eigenvalue weighted by molar-refractivity contribution is -0.161. The number of nitrogens with zero attached hydrogens (tertiary/aromatic N) is 2. The Kier molecular flexibility index (Phi) is 9.12. The van der Waals surface area contributed by atoms with E-state index in [1.165, 1.54) is 4.90 Å². The molecule has 218 valence electrons. The third-order valence-corrected chi connectivity index (χ3v) is 9.31. The van der Waals surface area contributed by atoms with Gasteiger partial charge in [-0.1, -0.05) is 44.0 Å². The Morgan fingerprint density at radius 3 is 2.58 bits per heavy atom. The maximum Gasteiger partial charge on any atom is 0.312 e. The third-order valence-electron chi connectivity index (χ3n) is 9.06. The summed E-state index contributed by atoms with van der Waals surface area (Å²) in [6, 6.07) is 5.23. The van der Waals surface area contributed by atoms with Crippen molar-refractivity contribution in [2.45, 2.75) is 76.2 Å². The molecule has 0 aliphatic carbocycles. The molecule has 3 fully saturated rings. The van der Waals surface area contributed by atoms with Gasteiger partial charge >= 0.3 is 5.97 Å². The van der Waals surface area contributed by atoms with E-state index in [4.69, 9.17) is 21.1 Å². The smallest absolute Gasteiger partial charge is 0.312 e. The SMILES string of the molecule is C=CCCCOC(=O)[C@@H]1[C@H]2C(=O)N([C@@H](CO)[C@@H](C)CC)C(C(=O)N(CC=C)c3ccc(Cl)cc3)C23CC[C@@]1(C)O3. The Bertz CT molecular complexity index is 1140. The van der Waals surface area contributed by atoms with Gasteiger partial charge in [0.1, 0.15) is 17.6 Å². The van der Waals surface area contributed by atoms with Gasteiger partial charge < -0.3 is 24.4 Å². The van der Waals surface area contributed by atoms with Crippen LogP contribution in [-0.4, -0.2) is 70.8 Å². The minimum atomic E-state index is -1.22. The van der Waals surface area contributed by atoms with E-state index in [9.17, 15) is 19.5 Å². The molecule has 4 rings (SSSR count). The van der Waals surface area contributed by atoms with Gasteiger partial charge in [0, 0.05) is 17.3 Å². The molecule has 8 nitrogen and oxygen atoms in total. The second-order valence-corrected chi connectivity index (χ2v) is 11.9. The van der Waals surface area contributed by atoms with Crippen LogP contribution in [0.1, 0.15) is 52.9 Å². The lowest BCUT2D eigenvalue weighted by Crippen LogP contribution is -2.60. The minimum absolute atomic E-state index is 0.0973. The number of aliphatic hydroxyl groups excluding tert-OH is 1. The molecule has 0 aromatic heterocycles. The van der Waals surface area contributed by atoms with Crippen LogP contribution in [0.25, 0.3) is 0 Å². The van der Waals surface area contributed by atoms with Crippen LogP contribution in [0.5, 0.6) is 0 Å².